The van der Waals surface area contributed by atoms with Crippen LogP contribution in [-0.2, 0) is 0 Å². The van der Waals surface area contributed by atoms with Crippen LogP contribution in [0.3, 0.4) is 0 Å². The third-order valence-electron chi connectivity index (χ3n) is 3.86. The Labute approximate surface area is 130 Å². The van der Waals surface area contributed by atoms with Crippen LogP contribution >= 0.6 is 22.9 Å². The second-order valence-electron chi connectivity index (χ2n) is 5.12. The number of benzene rings is 1. The van der Waals surface area contributed by atoms with Crippen molar-refractivity contribution < 1.29 is 0 Å². The maximum absolute atomic E-state index is 6.24. The molecule has 0 radical (unpaired) electrons. The molecule has 1 heterocycles. The van der Waals surface area contributed by atoms with Crippen LogP contribution in [0.15, 0.2) is 35.7 Å². The average Bonchev–Trinajstić information content (AvgIpc) is 2.96. The number of thiophene rings is 1. The van der Waals surface area contributed by atoms with Crippen LogP contribution in [0.2, 0.25) is 5.02 Å². The molecule has 2 atom stereocenters. The standard InChI is InChI=1S/C16H21ClN2S/c1-11-6-7-13(9-14(11)17)15(10-18)19(3)12(2)16-5-4-8-20-16/h4-9,12,15H,10,18H2,1-3H3. The molecule has 2 nitrogen and oxygen atoms in total. The smallest absolute Gasteiger partial charge is 0.0474 e. The number of nitrogens with zero attached hydrogens (tertiary/aromatic N) is 1. The third kappa shape index (κ3) is 3.23. The van der Waals surface area contributed by atoms with Gasteiger partial charge < -0.3 is 5.73 Å². The first-order chi connectivity index (χ1) is 9.54. The molecule has 1 aromatic carbocycles. The van der Waals surface area contributed by atoms with Gasteiger partial charge in [-0.2, -0.15) is 0 Å². The van der Waals surface area contributed by atoms with Gasteiger partial charge in [-0.05, 0) is 49.5 Å². The molecule has 0 aliphatic rings. The van der Waals surface area contributed by atoms with Gasteiger partial charge in [0.2, 0.25) is 0 Å². The van der Waals surface area contributed by atoms with E-state index in [1.54, 1.807) is 11.3 Å². The van der Waals surface area contributed by atoms with Gasteiger partial charge in [0.05, 0.1) is 0 Å². The van der Waals surface area contributed by atoms with Gasteiger partial charge in [0.1, 0.15) is 0 Å². The highest BCUT2D eigenvalue weighted by atomic mass is 35.5. The van der Waals surface area contributed by atoms with Crippen LogP contribution in [0.1, 0.15) is 35.0 Å². The number of rotatable bonds is 5. The van der Waals surface area contributed by atoms with Crippen molar-refractivity contribution in [3.05, 3.63) is 56.7 Å². The summed E-state index contributed by atoms with van der Waals surface area (Å²) in [4.78, 5) is 3.66. The summed E-state index contributed by atoms with van der Waals surface area (Å²) in [6, 6.07) is 11.0. The SMILES string of the molecule is Cc1ccc(C(CN)N(C)C(C)c2cccs2)cc1Cl. The van der Waals surface area contributed by atoms with Gasteiger partial charge in [0.15, 0.2) is 0 Å². The lowest BCUT2D eigenvalue weighted by Crippen LogP contribution is -2.32. The quantitative estimate of drug-likeness (QED) is 0.887. The van der Waals surface area contributed by atoms with Crippen molar-refractivity contribution in [1.82, 2.24) is 4.90 Å². The van der Waals surface area contributed by atoms with E-state index in [0.29, 0.717) is 12.6 Å². The average molecular weight is 309 g/mol. The van der Waals surface area contributed by atoms with Gasteiger partial charge >= 0.3 is 0 Å². The third-order valence-corrected chi connectivity index (χ3v) is 5.31. The Bertz CT molecular complexity index is 554. The molecule has 2 unspecified atom stereocenters. The summed E-state index contributed by atoms with van der Waals surface area (Å²) in [5.74, 6) is 0. The van der Waals surface area contributed by atoms with Gasteiger partial charge in [-0.1, -0.05) is 29.8 Å². The van der Waals surface area contributed by atoms with E-state index in [2.05, 4.69) is 48.5 Å². The molecule has 2 rings (SSSR count). The van der Waals surface area contributed by atoms with E-state index in [4.69, 9.17) is 17.3 Å². The highest BCUT2D eigenvalue weighted by molar-refractivity contribution is 7.10. The van der Waals surface area contributed by atoms with E-state index < -0.39 is 0 Å². The Morgan fingerprint density at radius 3 is 2.65 bits per heavy atom. The van der Waals surface area contributed by atoms with Gasteiger partial charge in [-0.3, -0.25) is 4.90 Å². The number of nitrogens with two attached hydrogens (primary N) is 1. The number of aryl methyl sites for hydroxylation is 1. The van der Waals surface area contributed by atoms with Crippen molar-refractivity contribution in [3.63, 3.8) is 0 Å². The van der Waals surface area contributed by atoms with Crippen molar-refractivity contribution in [1.29, 1.82) is 0 Å². The minimum absolute atomic E-state index is 0.171. The molecule has 2 aromatic rings. The summed E-state index contributed by atoms with van der Waals surface area (Å²) < 4.78 is 0. The summed E-state index contributed by atoms with van der Waals surface area (Å²) in [5.41, 5.74) is 8.28. The van der Waals surface area contributed by atoms with Gasteiger partial charge in [0, 0.05) is 28.5 Å². The summed E-state index contributed by atoms with van der Waals surface area (Å²) >= 11 is 8.02. The summed E-state index contributed by atoms with van der Waals surface area (Å²) in [6.45, 7) is 4.80. The van der Waals surface area contributed by atoms with Crippen molar-refractivity contribution in [2.24, 2.45) is 5.73 Å². The predicted octanol–water partition coefficient (Wildman–Crippen LogP) is 4.40. The van der Waals surface area contributed by atoms with E-state index in [-0.39, 0.29) is 6.04 Å². The number of likely N-dealkylation sites (N-methyl/N-ethyl adjacent to an activating group) is 1. The zero-order chi connectivity index (χ0) is 14.7. The Morgan fingerprint density at radius 2 is 2.10 bits per heavy atom. The maximum Gasteiger partial charge on any atom is 0.0474 e. The molecule has 0 spiro atoms. The zero-order valence-corrected chi connectivity index (χ0v) is 13.7. The predicted molar refractivity (Wildman–Crippen MR) is 88.5 cm³/mol. The Hall–Kier alpha value is -0.870. The van der Waals surface area contributed by atoms with Crippen molar-refractivity contribution in [3.8, 4) is 0 Å². The Kier molecular flexibility index (Phi) is 5.22. The molecule has 2 N–H and O–H groups in total. The highest BCUT2D eigenvalue weighted by Crippen LogP contribution is 2.31. The first kappa shape index (κ1) is 15.5. The number of hydrogen-bond acceptors (Lipinski definition) is 3. The molecule has 0 saturated heterocycles. The van der Waals surface area contributed by atoms with E-state index in [0.717, 1.165) is 10.6 Å². The molecule has 0 bridgehead atoms. The van der Waals surface area contributed by atoms with Crippen LogP contribution in [0.5, 0.6) is 0 Å². The van der Waals surface area contributed by atoms with Gasteiger partial charge in [-0.15, -0.1) is 11.3 Å². The minimum Gasteiger partial charge on any atom is -0.329 e. The van der Waals surface area contributed by atoms with E-state index in [9.17, 15) is 0 Å². The van der Waals surface area contributed by atoms with Crippen LogP contribution in [-0.4, -0.2) is 18.5 Å². The Balaban J connectivity index is 2.24. The summed E-state index contributed by atoms with van der Waals surface area (Å²) in [5, 5.41) is 2.91. The molecule has 4 heteroatoms. The second-order valence-corrected chi connectivity index (χ2v) is 6.50. The monoisotopic (exact) mass is 308 g/mol. The second kappa shape index (κ2) is 6.72. The van der Waals surface area contributed by atoms with Crippen molar-refractivity contribution >= 4 is 22.9 Å². The summed E-state index contributed by atoms with van der Waals surface area (Å²) in [6.07, 6.45) is 0. The molecule has 0 aliphatic heterocycles. The fourth-order valence-electron chi connectivity index (χ4n) is 2.35. The number of halogens is 1. The molecular weight excluding hydrogens is 288 g/mol. The summed E-state index contributed by atoms with van der Waals surface area (Å²) in [7, 11) is 2.12. The molecule has 108 valence electrons. The van der Waals surface area contributed by atoms with Crippen LogP contribution in [0, 0.1) is 6.92 Å². The molecule has 20 heavy (non-hydrogen) atoms. The van der Waals surface area contributed by atoms with E-state index >= 15 is 0 Å². The number of hydrogen-bond donors (Lipinski definition) is 1. The fraction of sp³-hybridized carbons (Fsp3) is 0.375. The molecular formula is C16H21ClN2S. The van der Waals surface area contributed by atoms with Crippen molar-refractivity contribution in [2.75, 3.05) is 13.6 Å². The topological polar surface area (TPSA) is 29.3 Å². The van der Waals surface area contributed by atoms with Crippen molar-refractivity contribution in [2.45, 2.75) is 25.9 Å². The molecule has 0 amide bonds. The van der Waals surface area contributed by atoms with Crippen LogP contribution in [0.25, 0.3) is 0 Å². The van der Waals surface area contributed by atoms with E-state index in [1.165, 1.54) is 10.4 Å². The fourth-order valence-corrected chi connectivity index (χ4v) is 3.38. The Morgan fingerprint density at radius 1 is 1.35 bits per heavy atom. The molecule has 0 fully saturated rings. The lowest BCUT2D eigenvalue weighted by atomic mass is 10.0. The van der Waals surface area contributed by atoms with Crippen LogP contribution in [0.4, 0.5) is 0 Å². The van der Waals surface area contributed by atoms with Gasteiger partial charge in [0.25, 0.3) is 0 Å². The largest absolute Gasteiger partial charge is 0.329 e. The molecule has 1 aromatic heterocycles. The lowest BCUT2D eigenvalue weighted by molar-refractivity contribution is 0.193. The maximum atomic E-state index is 6.24. The lowest BCUT2D eigenvalue weighted by Gasteiger charge is -2.32. The first-order valence-electron chi connectivity index (χ1n) is 6.76. The normalized spacial score (nSPS) is 14.5. The molecule has 0 saturated carbocycles. The van der Waals surface area contributed by atoms with Gasteiger partial charge in [-0.25, -0.2) is 0 Å². The highest BCUT2D eigenvalue weighted by Gasteiger charge is 2.22. The van der Waals surface area contributed by atoms with E-state index in [1.807, 2.05) is 13.0 Å². The molecule has 0 aliphatic carbocycles. The minimum atomic E-state index is 0.171. The van der Waals surface area contributed by atoms with Crippen LogP contribution < -0.4 is 5.73 Å². The zero-order valence-electron chi connectivity index (χ0n) is 12.1. The first-order valence-corrected chi connectivity index (χ1v) is 8.01.